The molecule has 0 aliphatic heterocycles. The van der Waals surface area contributed by atoms with Crippen molar-refractivity contribution in [3.8, 4) is 11.3 Å². The summed E-state index contributed by atoms with van der Waals surface area (Å²) in [5.74, 6) is -0.665. The predicted molar refractivity (Wildman–Crippen MR) is 77.3 cm³/mol. The molecule has 21 heavy (non-hydrogen) atoms. The molecule has 108 valence electrons. The zero-order valence-corrected chi connectivity index (χ0v) is 12.1. The second kappa shape index (κ2) is 4.63. The van der Waals surface area contributed by atoms with E-state index in [0.29, 0.717) is 22.6 Å². The smallest absolute Gasteiger partial charge is 0.252 e. The second-order valence-corrected chi connectivity index (χ2v) is 5.51. The Kier molecular flexibility index (Phi) is 3.02. The summed E-state index contributed by atoms with van der Waals surface area (Å²) in [6, 6.07) is 6.87. The lowest BCUT2D eigenvalue weighted by atomic mass is 9.90. The van der Waals surface area contributed by atoms with Gasteiger partial charge >= 0.3 is 0 Å². The van der Waals surface area contributed by atoms with Gasteiger partial charge in [-0.05, 0) is 20.8 Å². The van der Waals surface area contributed by atoms with Crippen LogP contribution in [0.4, 0.5) is 0 Å². The number of Topliss-reactive ketones (excluding diaryl/α,β-unsaturated/α-hetero) is 2. The number of fused-ring (bicyclic) bond motifs is 3. The van der Waals surface area contributed by atoms with E-state index in [1.807, 2.05) is 19.9 Å². The highest BCUT2D eigenvalue weighted by Crippen LogP contribution is 2.36. The molecule has 1 N–H and O–H groups in total. The average Bonchev–Trinajstić information content (AvgIpc) is 2.86. The van der Waals surface area contributed by atoms with Gasteiger partial charge in [0.2, 0.25) is 5.78 Å². The molecule has 1 aliphatic rings. The molecule has 1 aromatic carbocycles. The maximum atomic E-state index is 12.4. The summed E-state index contributed by atoms with van der Waals surface area (Å²) >= 11 is 0. The van der Waals surface area contributed by atoms with E-state index in [-0.39, 0.29) is 11.7 Å². The summed E-state index contributed by atoms with van der Waals surface area (Å²) in [5.41, 5.74) is 1.79. The van der Waals surface area contributed by atoms with Gasteiger partial charge in [0.1, 0.15) is 23.3 Å². The summed E-state index contributed by atoms with van der Waals surface area (Å²) in [5, 5.41) is 9.92. The van der Waals surface area contributed by atoms with Crippen LogP contribution < -0.4 is 0 Å². The maximum Gasteiger partial charge on any atom is 0.252 e. The Bertz CT molecular complexity index is 757. The summed E-state index contributed by atoms with van der Waals surface area (Å²) in [6.45, 7) is 5.39. The van der Waals surface area contributed by atoms with Crippen LogP contribution in [-0.4, -0.2) is 26.2 Å². The minimum atomic E-state index is -0.812. The maximum absolute atomic E-state index is 12.4. The molecule has 0 radical (unpaired) electrons. The quantitative estimate of drug-likeness (QED) is 0.860. The van der Waals surface area contributed by atoms with Crippen LogP contribution in [0, 0.1) is 0 Å². The number of ketones is 2. The van der Waals surface area contributed by atoms with Crippen LogP contribution in [0.3, 0.4) is 0 Å². The lowest BCUT2D eigenvalue weighted by molar-refractivity contribution is 0.0808. The number of aliphatic hydroxyl groups excluding tert-OH is 1. The minimum Gasteiger partial charge on any atom is -0.385 e. The van der Waals surface area contributed by atoms with Crippen molar-refractivity contribution in [2.45, 2.75) is 32.9 Å². The monoisotopic (exact) mass is 284 g/mol. The van der Waals surface area contributed by atoms with Gasteiger partial charge < -0.3 is 9.67 Å². The number of aromatic nitrogens is 2. The molecular formula is C16H16N2O3. The Balaban J connectivity index is 2.39. The van der Waals surface area contributed by atoms with Gasteiger partial charge in [0, 0.05) is 17.2 Å². The van der Waals surface area contributed by atoms with Crippen molar-refractivity contribution in [2.24, 2.45) is 0 Å². The van der Waals surface area contributed by atoms with Gasteiger partial charge in [-0.25, -0.2) is 4.98 Å². The lowest BCUT2D eigenvalue weighted by Gasteiger charge is -2.19. The van der Waals surface area contributed by atoms with Crippen LogP contribution in [0.25, 0.3) is 11.3 Å². The number of imidazole rings is 1. The normalized spacial score (nSPS) is 15.1. The van der Waals surface area contributed by atoms with Crippen molar-refractivity contribution in [3.05, 3.63) is 41.3 Å². The third-order valence-corrected chi connectivity index (χ3v) is 3.68. The van der Waals surface area contributed by atoms with Gasteiger partial charge in [0.15, 0.2) is 0 Å². The second-order valence-electron chi connectivity index (χ2n) is 5.51. The topological polar surface area (TPSA) is 72.2 Å². The number of nitrogens with zero attached hydrogens (tertiary/aromatic N) is 2. The van der Waals surface area contributed by atoms with Crippen LogP contribution in [0.1, 0.15) is 59.6 Å². The van der Waals surface area contributed by atoms with E-state index in [1.165, 1.54) is 0 Å². The largest absolute Gasteiger partial charge is 0.385 e. The molecule has 1 aliphatic carbocycles. The predicted octanol–water partition coefficient (Wildman–Crippen LogP) is 2.56. The van der Waals surface area contributed by atoms with Crippen LogP contribution in [0.2, 0.25) is 0 Å². The summed E-state index contributed by atoms with van der Waals surface area (Å²) in [4.78, 5) is 29.2. The molecule has 0 saturated heterocycles. The Morgan fingerprint density at radius 1 is 1.05 bits per heavy atom. The first-order chi connectivity index (χ1) is 9.93. The van der Waals surface area contributed by atoms with Crippen molar-refractivity contribution in [3.63, 3.8) is 0 Å². The highest BCUT2D eigenvalue weighted by atomic mass is 16.3. The van der Waals surface area contributed by atoms with Crippen molar-refractivity contribution < 1.29 is 14.7 Å². The first-order valence-electron chi connectivity index (χ1n) is 6.92. The summed E-state index contributed by atoms with van der Waals surface area (Å²) in [6.07, 6.45) is -0.812. The Morgan fingerprint density at radius 2 is 1.67 bits per heavy atom. The molecule has 0 fully saturated rings. The molecule has 1 unspecified atom stereocenters. The third kappa shape index (κ3) is 1.85. The van der Waals surface area contributed by atoms with E-state index in [2.05, 4.69) is 4.98 Å². The molecule has 1 aromatic heterocycles. The zero-order chi connectivity index (χ0) is 15.3. The number of aliphatic hydroxyl groups is 1. The molecular weight excluding hydrogens is 268 g/mol. The van der Waals surface area contributed by atoms with Gasteiger partial charge in [-0.3, -0.25) is 9.59 Å². The van der Waals surface area contributed by atoms with Gasteiger partial charge in [0.25, 0.3) is 5.78 Å². The zero-order valence-electron chi connectivity index (χ0n) is 12.1. The van der Waals surface area contributed by atoms with Crippen molar-refractivity contribution >= 4 is 11.6 Å². The SMILES string of the molecule is CC(O)c1nc2c(n1C(C)C)C(=O)C(=O)c1ccccc1-2. The first-order valence-corrected chi connectivity index (χ1v) is 6.92. The fourth-order valence-electron chi connectivity index (χ4n) is 2.79. The first kappa shape index (κ1) is 13.7. The fourth-order valence-corrected chi connectivity index (χ4v) is 2.79. The summed E-state index contributed by atoms with van der Waals surface area (Å²) in [7, 11) is 0. The fraction of sp³-hybridized carbons (Fsp3) is 0.312. The Hall–Kier alpha value is -2.27. The van der Waals surface area contributed by atoms with E-state index in [9.17, 15) is 14.7 Å². The molecule has 3 rings (SSSR count). The van der Waals surface area contributed by atoms with Gasteiger partial charge in [-0.15, -0.1) is 0 Å². The number of carbonyl (C=O) groups is 2. The van der Waals surface area contributed by atoms with E-state index in [1.54, 1.807) is 29.7 Å². The van der Waals surface area contributed by atoms with E-state index < -0.39 is 17.7 Å². The number of rotatable bonds is 2. The standard InChI is InChI=1S/C16H16N2O3/c1-8(2)18-13-12(17-16(18)9(3)19)10-6-4-5-7-11(10)14(20)15(13)21/h4-9,19H,1-3H3. The van der Waals surface area contributed by atoms with Crippen molar-refractivity contribution in [1.82, 2.24) is 9.55 Å². The summed E-state index contributed by atoms with van der Waals surface area (Å²) < 4.78 is 1.66. The number of hydrogen-bond donors (Lipinski definition) is 1. The molecule has 0 spiro atoms. The van der Waals surface area contributed by atoms with Crippen LogP contribution in [0.5, 0.6) is 0 Å². The van der Waals surface area contributed by atoms with E-state index in [4.69, 9.17) is 0 Å². The molecule has 1 heterocycles. The minimum absolute atomic E-state index is 0.0761. The molecule has 0 amide bonds. The van der Waals surface area contributed by atoms with Gasteiger partial charge in [0.05, 0.1) is 0 Å². The lowest BCUT2D eigenvalue weighted by Crippen LogP contribution is -2.25. The average molecular weight is 284 g/mol. The molecule has 0 saturated carbocycles. The Labute approximate surface area is 122 Å². The molecule has 5 heteroatoms. The number of benzene rings is 1. The van der Waals surface area contributed by atoms with Gasteiger partial charge in [-0.1, -0.05) is 24.3 Å². The van der Waals surface area contributed by atoms with E-state index >= 15 is 0 Å². The molecule has 1 atom stereocenters. The highest BCUT2D eigenvalue weighted by molar-refractivity contribution is 6.52. The van der Waals surface area contributed by atoms with Crippen LogP contribution in [0.15, 0.2) is 24.3 Å². The van der Waals surface area contributed by atoms with Crippen molar-refractivity contribution in [1.29, 1.82) is 0 Å². The number of carbonyl (C=O) groups excluding carboxylic acids is 2. The van der Waals surface area contributed by atoms with Crippen LogP contribution >= 0.6 is 0 Å². The Morgan fingerprint density at radius 3 is 2.24 bits per heavy atom. The van der Waals surface area contributed by atoms with Gasteiger partial charge in [-0.2, -0.15) is 0 Å². The molecule has 2 aromatic rings. The number of hydrogen-bond acceptors (Lipinski definition) is 4. The molecule has 0 bridgehead atoms. The molecule has 5 nitrogen and oxygen atoms in total. The van der Waals surface area contributed by atoms with E-state index in [0.717, 1.165) is 0 Å². The highest BCUT2D eigenvalue weighted by Gasteiger charge is 2.37. The van der Waals surface area contributed by atoms with Crippen LogP contribution in [-0.2, 0) is 0 Å². The third-order valence-electron chi connectivity index (χ3n) is 3.68. The van der Waals surface area contributed by atoms with Crippen molar-refractivity contribution in [2.75, 3.05) is 0 Å².